The zero-order chi connectivity index (χ0) is 22.3. The summed E-state index contributed by atoms with van der Waals surface area (Å²) in [6.45, 7) is 4.26. The SMILES string of the molecule is CCOc1cc(CNCCc2nc3ccccc3[nH]2)cc(Cl)c1OCc1cccc(Cl)c1. The van der Waals surface area contributed by atoms with Crippen LogP contribution in [0.25, 0.3) is 11.0 Å². The van der Waals surface area contributed by atoms with Crippen LogP contribution in [0.1, 0.15) is 23.9 Å². The van der Waals surface area contributed by atoms with Gasteiger partial charge < -0.3 is 19.8 Å². The molecule has 4 rings (SSSR count). The van der Waals surface area contributed by atoms with Gasteiger partial charge >= 0.3 is 0 Å². The van der Waals surface area contributed by atoms with Gasteiger partial charge in [-0.05, 0) is 54.4 Å². The molecule has 0 atom stereocenters. The number of nitrogens with one attached hydrogen (secondary N) is 2. The Morgan fingerprint density at radius 3 is 2.66 bits per heavy atom. The lowest BCUT2D eigenvalue weighted by Gasteiger charge is -2.16. The number of hydrogen-bond acceptors (Lipinski definition) is 4. The lowest BCUT2D eigenvalue weighted by Crippen LogP contribution is -2.17. The van der Waals surface area contributed by atoms with Crippen LogP contribution in [0.15, 0.2) is 60.7 Å². The van der Waals surface area contributed by atoms with E-state index < -0.39 is 0 Å². The Bertz CT molecular complexity index is 1160. The minimum absolute atomic E-state index is 0.357. The number of aromatic nitrogens is 2. The normalized spacial score (nSPS) is 11.1. The molecule has 1 aromatic heterocycles. The van der Waals surface area contributed by atoms with E-state index in [1.807, 2.05) is 67.6 Å². The fourth-order valence-corrected chi connectivity index (χ4v) is 3.97. The molecular formula is C25H25Cl2N3O2. The number of aromatic amines is 1. The van der Waals surface area contributed by atoms with Crippen LogP contribution in [0.2, 0.25) is 10.0 Å². The number of H-pyrrole nitrogens is 1. The number of hydrogen-bond donors (Lipinski definition) is 2. The molecule has 3 aromatic carbocycles. The summed E-state index contributed by atoms with van der Waals surface area (Å²) in [4.78, 5) is 7.96. The molecule has 1 heterocycles. The first-order valence-electron chi connectivity index (χ1n) is 10.6. The molecule has 0 saturated heterocycles. The van der Waals surface area contributed by atoms with Gasteiger partial charge in [-0.1, -0.05) is 47.5 Å². The lowest BCUT2D eigenvalue weighted by atomic mass is 10.2. The fourth-order valence-electron chi connectivity index (χ4n) is 3.47. The Morgan fingerprint density at radius 2 is 1.84 bits per heavy atom. The molecule has 0 fully saturated rings. The molecule has 0 spiro atoms. The first-order valence-corrected chi connectivity index (χ1v) is 11.3. The van der Waals surface area contributed by atoms with Crippen LogP contribution < -0.4 is 14.8 Å². The first-order chi connectivity index (χ1) is 15.6. The molecule has 0 aliphatic rings. The quantitative estimate of drug-likeness (QED) is 0.272. The third-order valence-corrected chi connectivity index (χ3v) is 5.46. The number of para-hydroxylation sites is 2. The summed E-state index contributed by atoms with van der Waals surface area (Å²) >= 11 is 12.6. The van der Waals surface area contributed by atoms with Crippen LogP contribution >= 0.6 is 23.2 Å². The Labute approximate surface area is 197 Å². The van der Waals surface area contributed by atoms with E-state index in [1.165, 1.54) is 0 Å². The molecule has 0 bridgehead atoms. The smallest absolute Gasteiger partial charge is 0.180 e. The molecule has 0 amide bonds. The van der Waals surface area contributed by atoms with Gasteiger partial charge in [-0.25, -0.2) is 4.98 Å². The van der Waals surface area contributed by atoms with Crippen LogP contribution in [0.4, 0.5) is 0 Å². The second-order valence-electron chi connectivity index (χ2n) is 7.38. The van der Waals surface area contributed by atoms with Crippen molar-refractivity contribution in [1.29, 1.82) is 0 Å². The van der Waals surface area contributed by atoms with E-state index in [-0.39, 0.29) is 0 Å². The molecule has 166 valence electrons. The highest BCUT2D eigenvalue weighted by Gasteiger charge is 2.13. The molecule has 0 unspecified atom stereocenters. The highest BCUT2D eigenvalue weighted by molar-refractivity contribution is 6.32. The average molecular weight is 470 g/mol. The molecule has 32 heavy (non-hydrogen) atoms. The van der Waals surface area contributed by atoms with Crippen molar-refractivity contribution in [2.24, 2.45) is 0 Å². The van der Waals surface area contributed by atoms with Gasteiger partial charge in [-0.3, -0.25) is 0 Å². The van der Waals surface area contributed by atoms with E-state index in [1.54, 1.807) is 0 Å². The molecule has 5 nitrogen and oxygen atoms in total. The fraction of sp³-hybridized carbons (Fsp3) is 0.240. The maximum atomic E-state index is 6.55. The van der Waals surface area contributed by atoms with Crippen molar-refractivity contribution in [2.75, 3.05) is 13.2 Å². The Balaban J connectivity index is 1.37. The predicted octanol–water partition coefficient (Wildman–Crippen LogP) is 6.18. The van der Waals surface area contributed by atoms with Crippen molar-refractivity contribution >= 4 is 34.2 Å². The van der Waals surface area contributed by atoms with Gasteiger partial charge in [0.1, 0.15) is 12.4 Å². The van der Waals surface area contributed by atoms with Crippen molar-refractivity contribution in [2.45, 2.75) is 26.5 Å². The van der Waals surface area contributed by atoms with Crippen LogP contribution in [0.3, 0.4) is 0 Å². The summed E-state index contributed by atoms with van der Waals surface area (Å²) in [5.41, 5.74) is 4.04. The number of nitrogens with zero attached hydrogens (tertiary/aromatic N) is 1. The molecule has 0 saturated carbocycles. The van der Waals surface area contributed by atoms with Gasteiger partial charge in [-0.2, -0.15) is 0 Å². The third-order valence-electron chi connectivity index (χ3n) is 4.95. The summed E-state index contributed by atoms with van der Waals surface area (Å²) in [6.07, 6.45) is 0.807. The minimum Gasteiger partial charge on any atom is -0.490 e. The third kappa shape index (κ3) is 5.74. The van der Waals surface area contributed by atoms with Crippen LogP contribution in [-0.4, -0.2) is 23.1 Å². The van der Waals surface area contributed by atoms with Crippen molar-refractivity contribution in [3.05, 3.63) is 87.7 Å². The summed E-state index contributed by atoms with van der Waals surface area (Å²) in [5.74, 6) is 2.15. The van der Waals surface area contributed by atoms with Gasteiger partial charge in [0.15, 0.2) is 11.5 Å². The Kier molecular flexibility index (Phi) is 7.53. The van der Waals surface area contributed by atoms with Gasteiger partial charge in [0.2, 0.25) is 0 Å². The summed E-state index contributed by atoms with van der Waals surface area (Å²) < 4.78 is 11.8. The van der Waals surface area contributed by atoms with E-state index in [4.69, 9.17) is 32.7 Å². The number of imidazole rings is 1. The van der Waals surface area contributed by atoms with E-state index in [0.717, 1.165) is 41.0 Å². The van der Waals surface area contributed by atoms with Crippen LogP contribution in [0.5, 0.6) is 11.5 Å². The largest absolute Gasteiger partial charge is 0.490 e. The number of benzene rings is 3. The molecular weight excluding hydrogens is 445 g/mol. The Hall–Kier alpha value is -2.73. The molecule has 2 N–H and O–H groups in total. The number of fused-ring (bicyclic) bond motifs is 1. The Morgan fingerprint density at radius 1 is 0.969 bits per heavy atom. The monoisotopic (exact) mass is 469 g/mol. The van der Waals surface area contributed by atoms with Crippen molar-refractivity contribution < 1.29 is 9.47 Å². The standard InChI is InChI=1S/C25H25Cl2N3O2/c1-2-31-23-14-18(13-20(27)25(23)32-16-17-6-5-7-19(26)12-17)15-28-11-10-24-29-21-8-3-4-9-22(21)30-24/h3-9,12-14,28H,2,10-11,15-16H2,1H3,(H,29,30). The summed E-state index contributed by atoms with van der Waals surface area (Å²) in [6, 6.07) is 19.5. The topological polar surface area (TPSA) is 59.2 Å². The van der Waals surface area contributed by atoms with Crippen molar-refractivity contribution in [3.8, 4) is 11.5 Å². The zero-order valence-electron chi connectivity index (χ0n) is 17.8. The molecule has 0 radical (unpaired) electrons. The molecule has 4 aromatic rings. The lowest BCUT2D eigenvalue weighted by molar-refractivity contribution is 0.269. The van der Waals surface area contributed by atoms with Gasteiger partial charge in [0.05, 0.1) is 22.7 Å². The predicted molar refractivity (Wildman–Crippen MR) is 130 cm³/mol. The second-order valence-corrected chi connectivity index (χ2v) is 8.23. The van der Waals surface area contributed by atoms with Gasteiger partial charge in [0, 0.05) is 24.5 Å². The minimum atomic E-state index is 0.357. The average Bonchev–Trinajstić information content (AvgIpc) is 3.19. The van der Waals surface area contributed by atoms with Gasteiger partial charge in [0.25, 0.3) is 0 Å². The maximum Gasteiger partial charge on any atom is 0.180 e. The molecule has 0 aliphatic heterocycles. The van der Waals surface area contributed by atoms with E-state index in [9.17, 15) is 0 Å². The van der Waals surface area contributed by atoms with Crippen LogP contribution in [0, 0.1) is 0 Å². The summed E-state index contributed by atoms with van der Waals surface area (Å²) in [7, 11) is 0. The van der Waals surface area contributed by atoms with E-state index >= 15 is 0 Å². The maximum absolute atomic E-state index is 6.55. The zero-order valence-corrected chi connectivity index (χ0v) is 19.3. The van der Waals surface area contributed by atoms with E-state index in [0.29, 0.717) is 41.3 Å². The first kappa shape index (κ1) is 22.5. The highest BCUT2D eigenvalue weighted by atomic mass is 35.5. The van der Waals surface area contributed by atoms with E-state index in [2.05, 4.69) is 15.3 Å². The number of rotatable bonds is 10. The molecule has 0 aliphatic carbocycles. The van der Waals surface area contributed by atoms with Crippen molar-refractivity contribution in [3.63, 3.8) is 0 Å². The van der Waals surface area contributed by atoms with Gasteiger partial charge in [-0.15, -0.1) is 0 Å². The number of ether oxygens (including phenoxy) is 2. The summed E-state index contributed by atoms with van der Waals surface area (Å²) in [5, 5.41) is 4.64. The van der Waals surface area contributed by atoms with Crippen molar-refractivity contribution in [1.82, 2.24) is 15.3 Å². The number of halogens is 2. The second kappa shape index (κ2) is 10.7. The highest BCUT2D eigenvalue weighted by Crippen LogP contribution is 2.37. The molecule has 7 heteroatoms. The van der Waals surface area contributed by atoms with Crippen LogP contribution in [-0.2, 0) is 19.6 Å².